The lowest BCUT2D eigenvalue weighted by atomic mass is 10.1. The molecule has 0 saturated carbocycles. The lowest BCUT2D eigenvalue weighted by molar-refractivity contribution is -0.248. The van der Waals surface area contributed by atoms with Crippen LogP contribution in [-0.2, 0) is 19.6 Å². The molecule has 0 fully saturated rings. The van der Waals surface area contributed by atoms with Crippen LogP contribution in [0.5, 0.6) is 5.75 Å². The highest BCUT2D eigenvalue weighted by atomic mass is 32.2. The van der Waals surface area contributed by atoms with Gasteiger partial charge in [0.25, 0.3) is 6.10 Å². The van der Waals surface area contributed by atoms with Crippen LogP contribution in [0.3, 0.4) is 0 Å². The van der Waals surface area contributed by atoms with E-state index < -0.39 is 50.9 Å². The Morgan fingerprint density at radius 1 is 1.06 bits per heavy atom. The fraction of sp³-hybridized carbons (Fsp3) is 0.222. The lowest BCUT2D eigenvalue weighted by Gasteiger charge is -2.29. The first-order valence-corrected chi connectivity index (χ1v) is 9.48. The van der Waals surface area contributed by atoms with Gasteiger partial charge in [0.15, 0.2) is 10.1 Å². The highest BCUT2D eigenvalue weighted by molar-refractivity contribution is 7.86. The molecule has 0 bridgehead atoms. The Morgan fingerprint density at radius 3 is 2.03 bits per heavy atom. The van der Waals surface area contributed by atoms with Crippen molar-refractivity contribution >= 4 is 32.8 Å². The maximum atomic E-state index is 13.6. The molecule has 2 aromatic rings. The molecule has 0 saturated heterocycles. The predicted octanol–water partition coefficient (Wildman–Crippen LogP) is 3.55. The Balaban J connectivity index is 2.59. The summed E-state index contributed by atoms with van der Waals surface area (Å²) in [6.07, 6.45) is -10.7. The molecular formula is C18H12F5O7S-. The van der Waals surface area contributed by atoms with E-state index in [4.69, 9.17) is 4.74 Å². The fourth-order valence-corrected chi connectivity index (χ4v) is 2.72. The number of fused-ring (bicyclic) bond motifs is 1. The third-order valence-electron chi connectivity index (χ3n) is 3.78. The van der Waals surface area contributed by atoms with E-state index in [1.165, 1.54) is 25.1 Å². The second kappa shape index (κ2) is 8.23. The van der Waals surface area contributed by atoms with E-state index in [0.717, 1.165) is 12.1 Å². The summed E-state index contributed by atoms with van der Waals surface area (Å²) in [5.41, 5.74) is -1.06. The van der Waals surface area contributed by atoms with Crippen molar-refractivity contribution in [3.63, 3.8) is 0 Å². The van der Waals surface area contributed by atoms with Gasteiger partial charge in [0.05, 0.1) is 0 Å². The fourth-order valence-electron chi connectivity index (χ4n) is 2.28. The van der Waals surface area contributed by atoms with Gasteiger partial charge in [-0.2, -0.15) is 22.0 Å². The first kappa shape index (κ1) is 24.2. The molecule has 0 heterocycles. The molecule has 1 atom stereocenters. The molecule has 7 nitrogen and oxygen atoms in total. The van der Waals surface area contributed by atoms with Gasteiger partial charge in [-0.25, -0.2) is 18.0 Å². The maximum absolute atomic E-state index is 13.6. The van der Waals surface area contributed by atoms with E-state index in [1.54, 1.807) is 6.07 Å². The molecule has 0 aliphatic heterocycles. The SMILES string of the molecule is C=C(C)C(=O)Oc1cc2ccccc2cc1C(=O)OC(C(F)(F)F)C(F)(F)S(=O)(=O)[O-]. The van der Waals surface area contributed by atoms with Gasteiger partial charge in [0, 0.05) is 5.57 Å². The molecule has 2 rings (SSSR count). The van der Waals surface area contributed by atoms with Crippen molar-refractivity contribution < 1.29 is 54.0 Å². The summed E-state index contributed by atoms with van der Waals surface area (Å²) < 4.78 is 107. The smallest absolute Gasteiger partial charge is 0.432 e. The second-order valence-electron chi connectivity index (χ2n) is 6.21. The summed E-state index contributed by atoms with van der Waals surface area (Å²) in [5.74, 6) is -3.86. The summed E-state index contributed by atoms with van der Waals surface area (Å²) in [6.45, 7) is 4.51. The standard InChI is InChI=1S/C18H13F5O7S/c1-9(2)14(24)29-13-8-11-6-4-3-5-10(11)7-12(13)15(25)30-16(17(19,20)21)18(22,23)31(26,27)28/h3-8,16H,1H2,2H3,(H,26,27,28)/p-1. The van der Waals surface area contributed by atoms with E-state index in [1.807, 2.05) is 0 Å². The van der Waals surface area contributed by atoms with Crippen LogP contribution in [0.1, 0.15) is 17.3 Å². The average molecular weight is 467 g/mol. The van der Waals surface area contributed by atoms with Gasteiger partial charge in [0.2, 0.25) is 0 Å². The van der Waals surface area contributed by atoms with E-state index in [9.17, 15) is 44.5 Å². The van der Waals surface area contributed by atoms with Crippen molar-refractivity contribution in [1.82, 2.24) is 0 Å². The van der Waals surface area contributed by atoms with Crippen LogP contribution in [0.4, 0.5) is 22.0 Å². The number of carbonyl (C=O) groups excluding carboxylic acids is 2. The van der Waals surface area contributed by atoms with E-state index >= 15 is 0 Å². The molecule has 0 aliphatic carbocycles. The lowest BCUT2D eigenvalue weighted by Crippen LogP contribution is -2.52. The molecule has 0 aromatic heterocycles. The van der Waals surface area contributed by atoms with Crippen LogP contribution in [0.15, 0.2) is 48.6 Å². The average Bonchev–Trinajstić information content (AvgIpc) is 2.63. The maximum Gasteiger partial charge on any atom is 0.432 e. The van der Waals surface area contributed by atoms with E-state index in [0.29, 0.717) is 5.39 Å². The van der Waals surface area contributed by atoms with Gasteiger partial charge in [-0.3, -0.25) is 0 Å². The van der Waals surface area contributed by atoms with Gasteiger partial charge in [-0.05, 0) is 29.8 Å². The molecule has 1 unspecified atom stereocenters. The quantitative estimate of drug-likeness (QED) is 0.210. The third-order valence-corrected chi connectivity index (χ3v) is 4.66. The molecule has 13 heteroatoms. The Morgan fingerprint density at radius 2 is 1.58 bits per heavy atom. The van der Waals surface area contributed by atoms with Crippen LogP contribution in [0.25, 0.3) is 10.8 Å². The molecular weight excluding hydrogens is 455 g/mol. The molecule has 31 heavy (non-hydrogen) atoms. The number of hydrogen-bond donors (Lipinski definition) is 0. The van der Waals surface area contributed by atoms with Gasteiger partial charge in [-0.1, -0.05) is 30.8 Å². The number of alkyl halides is 5. The summed E-state index contributed by atoms with van der Waals surface area (Å²) in [4.78, 5) is 24.1. The number of halogens is 5. The van der Waals surface area contributed by atoms with Crippen LogP contribution in [0.2, 0.25) is 0 Å². The van der Waals surface area contributed by atoms with Crippen molar-refractivity contribution in [1.29, 1.82) is 0 Å². The van der Waals surface area contributed by atoms with Crippen molar-refractivity contribution in [2.24, 2.45) is 0 Å². The van der Waals surface area contributed by atoms with Crippen molar-refractivity contribution in [3.8, 4) is 5.75 Å². The summed E-state index contributed by atoms with van der Waals surface area (Å²) in [7, 11) is -6.87. The van der Waals surface area contributed by atoms with Crippen molar-refractivity contribution in [3.05, 3.63) is 54.1 Å². The molecule has 0 N–H and O–H groups in total. The van der Waals surface area contributed by atoms with Crippen LogP contribution in [-0.4, -0.2) is 42.4 Å². The van der Waals surface area contributed by atoms with E-state index in [-0.39, 0.29) is 11.0 Å². The molecule has 2 aromatic carbocycles. The minimum absolute atomic E-state index is 0.162. The zero-order chi connectivity index (χ0) is 23.8. The topological polar surface area (TPSA) is 110 Å². The van der Waals surface area contributed by atoms with Gasteiger partial charge < -0.3 is 14.0 Å². The Bertz CT molecular complexity index is 1160. The minimum Gasteiger partial charge on any atom is -0.743 e. The third kappa shape index (κ3) is 5.17. The zero-order valence-corrected chi connectivity index (χ0v) is 16.2. The Labute approximate surface area is 171 Å². The number of carbonyl (C=O) groups is 2. The Hall–Kier alpha value is -3.06. The van der Waals surface area contributed by atoms with Gasteiger partial charge in [0.1, 0.15) is 11.3 Å². The van der Waals surface area contributed by atoms with E-state index in [2.05, 4.69) is 11.3 Å². The second-order valence-corrected chi connectivity index (χ2v) is 7.66. The number of ether oxygens (including phenoxy) is 2. The van der Waals surface area contributed by atoms with Crippen LogP contribution < -0.4 is 4.74 Å². The first-order valence-electron chi connectivity index (χ1n) is 8.07. The number of rotatable bonds is 6. The first-order chi connectivity index (χ1) is 14.1. The van der Waals surface area contributed by atoms with Crippen molar-refractivity contribution in [2.75, 3.05) is 0 Å². The molecule has 0 spiro atoms. The highest BCUT2D eigenvalue weighted by Gasteiger charge is 2.63. The van der Waals surface area contributed by atoms with Crippen LogP contribution >= 0.6 is 0 Å². The number of benzene rings is 2. The Kier molecular flexibility index (Phi) is 6.43. The van der Waals surface area contributed by atoms with Crippen LogP contribution in [0, 0.1) is 0 Å². The number of hydrogen-bond acceptors (Lipinski definition) is 7. The number of esters is 2. The van der Waals surface area contributed by atoms with Gasteiger partial charge in [-0.15, -0.1) is 0 Å². The monoisotopic (exact) mass is 467 g/mol. The minimum atomic E-state index is -6.87. The predicted molar refractivity (Wildman–Crippen MR) is 94.3 cm³/mol. The summed E-state index contributed by atoms with van der Waals surface area (Å²) in [6, 6.07) is 7.85. The molecule has 168 valence electrons. The van der Waals surface area contributed by atoms with Crippen molar-refractivity contribution in [2.45, 2.75) is 24.5 Å². The molecule has 0 aliphatic rings. The molecule has 0 radical (unpaired) electrons. The summed E-state index contributed by atoms with van der Waals surface area (Å²) in [5, 5.41) is -5.45. The normalized spacial score (nSPS) is 13.5. The van der Waals surface area contributed by atoms with Gasteiger partial charge >= 0.3 is 23.4 Å². The zero-order valence-electron chi connectivity index (χ0n) is 15.4. The molecule has 0 amide bonds. The highest BCUT2D eigenvalue weighted by Crippen LogP contribution is 2.39. The largest absolute Gasteiger partial charge is 0.743 e. The summed E-state index contributed by atoms with van der Waals surface area (Å²) >= 11 is 0.